The van der Waals surface area contributed by atoms with E-state index in [4.69, 9.17) is 4.98 Å². The Labute approximate surface area is 109 Å². The number of thiazole rings is 1. The molecule has 0 saturated heterocycles. The van der Waals surface area contributed by atoms with Crippen molar-refractivity contribution in [3.8, 4) is 0 Å². The first-order chi connectivity index (χ1) is 7.89. The van der Waals surface area contributed by atoms with Gasteiger partial charge in [0.1, 0.15) is 5.01 Å². The summed E-state index contributed by atoms with van der Waals surface area (Å²) in [6.07, 6.45) is 5.36. The Morgan fingerprint density at radius 3 is 2.53 bits per heavy atom. The largest absolute Gasteiger partial charge is 0.305 e. The van der Waals surface area contributed by atoms with Crippen molar-refractivity contribution in [2.75, 3.05) is 0 Å². The molecule has 0 atom stereocenters. The van der Waals surface area contributed by atoms with Crippen molar-refractivity contribution in [2.24, 2.45) is 0 Å². The maximum atomic E-state index is 4.73. The van der Waals surface area contributed by atoms with Gasteiger partial charge in [0.15, 0.2) is 0 Å². The molecular formula is C14H24N2S. The molecule has 1 N–H and O–H groups in total. The van der Waals surface area contributed by atoms with Gasteiger partial charge < -0.3 is 5.32 Å². The van der Waals surface area contributed by atoms with E-state index in [0.717, 1.165) is 6.54 Å². The number of nitrogens with zero attached hydrogens (tertiary/aromatic N) is 1. The van der Waals surface area contributed by atoms with Crippen LogP contribution < -0.4 is 5.32 Å². The van der Waals surface area contributed by atoms with E-state index < -0.39 is 0 Å². The summed E-state index contributed by atoms with van der Waals surface area (Å²) in [5.41, 5.74) is 1.75. The van der Waals surface area contributed by atoms with Crippen LogP contribution in [0.1, 0.15) is 64.1 Å². The highest BCUT2D eigenvalue weighted by Gasteiger charge is 2.28. The monoisotopic (exact) mass is 252 g/mol. The predicted molar refractivity (Wildman–Crippen MR) is 74.5 cm³/mol. The Hall–Kier alpha value is -0.410. The van der Waals surface area contributed by atoms with Gasteiger partial charge in [0, 0.05) is 22.9 Å². The number of nitrogens with one attached hydrogen (secondary N) is 1. The Bertz CT molecular complexity index is 370. The van der Waals surface area contributed by atoms with Gasteiger partial charge in [-0.3, -0.25) is 0 Å². The first-order valence-corrected chi connectivity index (χ1v) is 7.47. The van der Waals surface area contributed by atoms with Gasteiger partial charge in [0.25, 0.3) is 0 Å². The molecule has 3 heteroatoms. The Morgan fingerprint density at radius 2 is 2.00 bits per heavy atom. The maximum absolute atomic E-state index is 4.73. The van der Waals surface area contributed by atoms with E-state index in [2.05, 4.69) is 38.4 Å². The quantitative estimate of drug-likeness (QED) is 0.883. The van der Waals surface area contributed by atoms with Gasteiger partial charge in [-0.05, 0) is 19.8 Å². The molecule has 1 aliphatic rings. The van der Waals surface area contributed by atoms with Crippen LogP contribution >= 0.6 is 11.3 Å². The number of rotatable bonds is 3. The molecule has 1 heterocycles. The second-order valence-electron chi connectivity index (χ2n) is 6.50. The fourth-order valence-corrected chi connectivity index (χ4v) is 3.32. The van der Waals surface area contributed by atoms with Crippen molar-refractivity contribution in [1.29, 1.82) is 0 Å². The second-order valence-corrected chi connectivity index (χ2v) is 7.44. The molecule has 0 aromatic carbocycles. The third-order valence-corrected chi connectivity index (χ3v) is 4.54. The smallest absolute Gasteiger partial charge is 0.107 e. The van der Waals surface area contributed by atoms with Crippen LogP contribution in [-0.2, 0) is 12.0 Å². The summed E-state index contributed by atoms with van der Waals surface area (Å²) in [6, 6.07) is 0. The van der Waals surface area contributed by atoms with E-state index >= 15 is 0 Å². The predicted octanol–water partition coefficient (Wildman–Crippen LogP) is 3.86. The molecule has 1 aromatic heterocycles. The normalized spacial score (nSPS) is 19.8. The molecule has 2 nitrogen and oxygen atoms in total. The molecule has 1 saturated carbocycles. The minimum atomic E-state index is 0.173. The van der Waals surface area contributed by atoms with E-state index in [-0.39, 0.29) is 5.41 Å². The zero-order valence-corrected chi connectivity index (χ0v) is 12.3. The number of hydrogen-bond acceptors (Lipinski definition) is 3. The van der Waals surface area contributed by atoms with E-state index in [1.807, 2.05) is 0 Å². The molecule has 17 heavy (non-hydrogen) atoms. The zero-order chi connectivity index (χ0) is 12.5. The van der Waals surface area contributed by atoms with Crippen molar-refractivity contribution in [2.45, 2.75) is 70.9 Å². The fourth-order valence-electron chi connectivity index (χ4n) is 2.36. The molecule has 0 amide bonds. The van der Waals surface area contributed by atoms with Crippen LogP contribution in [0.5, 0.6) is 0 Å². The molecule has 0 unspecified atom stereocenters. The summed E-state index contributed by atoms with van der Waals surface area (Å²) < 4.78 is 0. The molecular weight excluding hydrogens is 228 g/mol. The number of hydrogen-bond donors (Lipinski definition) is 1. The van der Waals surface area contributed by atoms with E-state index in [0.29, 0.717) is 5.54 Å². The van der Waals surface area contributed by atoms with Crippen molar-refractivity contribution in [3.63, 3.8) is 0 Å². The molecule has 0 spiro atoms. The van der Waals surface area contributed by atoms with Crippen molar-refractivity contribution in [1.82, 2.24) is 10.3 Å². The summed E-state index contributed by atoms with van der Waals surface area (Å²) in [7, 11) is 0. The van der Waals surface area contributed by atoms with Gasteiger partial charge in [-0.2, -0.15) is 0 Å². The standard InChI is InChI=1S/C14H24N2S/c1-13(2,3)11-10-17-12(16-11)9-15-14(4)7-5-6-8-14/h10,15H,5-9H2,1-4H3. The van der Waals surface area contributed by atoms with Gasteiger partial charge in [0.2, 0.25) is 0 Å². The third kappa shape index (κ3) is 3.29. The lowest BCUT2D eigenvalue weighted by molar-refractivity contribution is 0.362. The second kappa shape index (κ2) is 4.69. The highest BCUT2D eigenvalue weighted by atomic mass is 32.1. The van der Waals surface area contributed by atoms with Crippen molar-refractivity contribution >= 4 is 11.3 Å². The molecule has 1 aromatic rings. The highest BCUT2D eigenvalue weighted by molar-refractivity contribution is 7.09. The minimum Gasteiger partial charge on any atom is -0.305 e. The minimum absolute atomic E-state index is 0.173. The van der Waals surface area contributed by atoms with Crippen LogP contribution in [-0.4, -0.2) is 10.5 Å². The fraction of sp³-hybridized carbons (Fsp3) is 0.786. The van der Waals surface area contributed by atoms with Gasteiger partial charge in [0.05, 0.1) is 5.69 Å². The van der Waals surface area contributed by atoms with Gasteiger partial charge >= 0.3 is 0 Å². The molecule has 1 fully saturated rings. The molecule has 0 aliphatic heterocycles. The topological polar surface area (TPSA) is 24.9 Å². The van der Waals surface area contributed by atoms with Gasteiger partial charge in [-0.1, -0.05) is 33.6 Å². The SMILES string of the molecule is CC1(NCc2nc(C(C)(C)C)cs2)CCCC1. The molecule has 0 radical (unpaired) electrons. The Kier molecular flexibility index (Phi) is 3.60. The molecule has 2 rings (SSSR count). The lowest BCUT2D eigenvalue weighted by Crippen LogP contribution is -2.38. The third-order valence-electron chi connectivity index (χ3n) is 3.69. The molecule has 1 aliphatic carbocycles. The van der Waals surface area contributed by atoms with Crippen LogP contribution in [0.2, 0.25) is 0 Å². The average Bonchev–Trinajstić information content (AvgIpc) is 2.83. The first-order valence-electron chi connectivity index (χ1n) is 6.59. The van der Waals surface area contributed by atoms with Crippen LogP contribution in [0.25, 0.3) is 0 Å². The summed E-state index contributed by atoms with van der Waals surface area (Å²) in [5.74, 6) is 0. The highest BCUT2D eigenvalue weighted by Crippen LogP contribution is 2.30. The lowest BCUT2D eigenvalue weighted by Gasteiger charge is -2.24. The Balaban J connectivity index is 1.93. The first kappa shape index (κ1) is 13.0. The van der Waals surface area contributed by atoms with Crippen LogP contribution in [0.15, 0.2) is 5.38 Å². The van der Waals surface area contributed by atoms with Crippen LogP contribution in [0.4, 0.5) is 0 Å². The molecule has 0 bridgehead atoms. The average molecular weight is 252 g/mol. The van der Waals surface area contributed by atoms with Crippen molar-refractivity contribution in [3.05, 3.63) is 16.1 Å². The van der Waals surface area contributed by atoms with E-state index in [9.17, 15) is 0 Å². The molecule has 96 valence electrons. The summed E-state index contributed by atoms with van der Waals surface area (Å²) in [6.45, 7) is 9.93. The zero-order valence-electron chi connectivity index (χ0n) is 11.5. The lowest BCUT2D eigenvalue weighted by atomic mass is 9.93. The number of aromatic nitrogens is 1. The Morgan fingerprint density at radius 1 is 1.35 bits per heavy atom. The maximum Gasteiger partial charge on any atom is 0.107 e. The van der Waals surface area contributed by atoms with Crippen LogP contribution in [0.3, 0.4) is 0 Å². The van der Waals surface area contributed by atoms with Crippen molar-refractivity contribution < 1.29 is 0 Å². The summed E-state index contributed by atoms with van der Waals surface area (Å²) >= 11 is 1.78. The van der Waals surface area contributed by atoms with Gasteiger partial charge in [-0.25, -0.2) is 4.98 Å². The van der Waals surface area contributed by atoms with E-state index in [1.54, 1.807) is 11.3 Å². The summed E-state index contributed by atoms with van der Waals surface area (Å²) in [4.78, 5) is 4.73. The van der Waals surface area contributed by atoms with E-state index in [1.165, 1.54) is 36.4 Å². The summed E-state index contributed by atoms with van der Waals surface area (Å²) in [5, 5.41) is 7.11. The van der Waals surface area contributed by atoms with Crippen LogP contribution in [0, 0.1) is 0 Å². The van der Waals surface area contributed by atoms with Gasteiger partial charge in [-0.15, -0.1) is 11.3 Å².